The second kappa shape index (κ2) is 15.7. The van der Waals surface area contributed by atoms with Crippen LogP contribution in [0.1, 0.15) is 68.1 Å². The van der Waals surface area contributed by atoms with Gasteiger partial charge in [-0.3, -0.25) is 28.9 Å². The first-order valence-corrected chi connectivity index (χ1v) is 22.3. The summed E-state index contributed by atoms with van der Waals surface area (Å²) in [4.78, 5) is 76.7. The Morgan fingerprint density at radius 2 is 1.64 bits per heavy atom. The van der Waals surface area contributed by atoms with E-state index in [1.165, 1.54) is 28.6 Å². The third kappa shape index (κ3) is 8.00. The van der Waals surface area contributed by atoms with E-state index in [1.807, 2.05) is 60.7 Å². The number of amides is 4. The van der Waals surface area contributed by atoms with Crippen LogP contribution in [0.5, 0.6) is 5.88 Å². The largest absolute Gasteiger partial charge is 0.471 e. The number of benzene rings is 2. The summed E-state index contributed by atoms with van der Waals surface area (Å²) in [6.45, 7) is -0.0507. The first-order chi connectivity index (χ1) is 28.6. The van der Waals surface area contributed by atoms with E-state index in [0.29, 0.717) is 59.4 Å². The van der Waals surface area contributed by atoms with E-state index in [1.54, 1.807) is 12.1 Å². The molecule has 0 radical (unpaired) electrons. The van der Waals surface area contributed by atoms with Gasteiger partial charge in [0.1, 0.15) is 28.7 Å². The number of hydrogen-bond donors (Lipinski definition) is 3. The molecule has 2 aromatic carbocycles. The van der Waals surface area contributed by atoms with Crippen LogP contribution < -0.4 is 20.1 Å². The normalized spacial score (nSPS) is 25.5. The molecular weight excluding hydrogens is 793 g/mol. The molecular formula is C42H42N8O7S2. The number of sulfonamides is 1. The smallest absolute Gasteiger partial charge is 0.259 e. The average Bonchev–Trinajstić information content (AvgIpc) is 4.13. The van der Waals surface area contributed by atoms with E-state index in [9.17, 15) is 27.6 Å². The van der Waals surface area contributed by atoms with E-state index in [0.717, 1.165) is 23.1 Å². The molecule has 0 bridgehead atoms. The minimum absolute atomic E-state index is 0.00889. The molecule has 4 amide bonds. The second-order valence-corrected chi connectivity index (χ2v) is 18.6. The maximum Gasteiger partial charge on any atom is 0.259 e. The lowest BCUT2D eigenvalue weighted by atomic mass is 10.0. The maximum atomic E-state index is 14.8. The zero-order chi connectivity index (χ0) is 40.7. The number of nitrogens with zero attached hydrogens (tertiary/aromatic N) is 5. The maximum absolute atomic E-state index is 14.8. The molecule has 1 saturated heterocycles. The molecule has 304 valence electrons. The zero-order valence-corrected chi connectivity index (χ0v) is 33.6. The molecule has 3 N–H and O–H groups in total. The standard InChI is InChI=1S/C42H42N8O7S2/c51-36(25-18-20-43-21-19-25)45-32-14-5-3-1-2-4-10-26-23-42(26,41(54)49-59(55,56)28-16-17-28)48-37(52)33-22-27(24-50(33)40(32)53)57-38-35(44-29-11-6-7-12-30(29)46-38)39-47-31-13-8-9-15-34(31)58-39/h4,6-13,15,18-21,26-28,32-33H,1-3,5,14,16-17,22-24H2,(H,45,51)(H,48,52)(H,49,54)/b10-4-/t26-,27-,32+,33+,42-/m1/s1. The molecule has 4 aliphatic rings. The van der Waals surface area contributed by atoms with Crippen molar-refractivity contribution in [1.29, 1.82) is 0 Å². The molecule has 2 aliphatic heterocycles. The van der Waals surface area contributed by atoms with Gasteiger partial charge in [-0.25, -0.2) is 23.4 Å². The summed E-state index contributed by atoms with van der Waals surface area (Å²) in [6.07, 6.45) is 10.4. The Morgan fingerprint density at radius 3 is 2.41 bits per heavy atom. The number of carbonyl (C=O) groups is 4. The van der Waals surface area contributed by atoms with Crippen LogP contribution in [0, 0.1) is 5.92 Å². The molecule has 2 aliphatic carbocycles. The average molecular weight is 835 g/mol. The molecule has 9 rings (SSSR count). The minimum Gasteiger partial charge on any atom is -0.471 e. The lowest BCUT2D eigenvalue weighted by Crippen LogP contribution is -2.58. The van der Waals surface area contributed by atoms with E-state index in [-0.39, 0.29) is 25.3 Å². The van der Waals surface area contributed by atoms with Crippen LogP contribution in [-0.2, 0) is 24.4 Å². The Bertz CT molecular complexity index is 2570. The molecule has 3 fully saturated rings. The predicted octanol–water partition coefficient (Wildman–Crippen LogP) is 4.45. The number of carbonyl (C=O) groups excluding carboxylic acids is 4. The molecule has 3 aromatic heterocycles. The Labute approximate surface area is 344 Å². The van der Waals surface area contributed by atoms with E-state index >= 15 is 0 Å². The van der Waals surface area contributed by atoms with E-state index in [2.05, 4.69) is 20.3 Å². The van der Waals surface area contributed by atoms with Gasteiger partial charge < -0.3 is 20.3 Å². The number of para-hydroxylation sites is 3. The van der Waals surface area contributed by atoms with Gasteiger partial charge in [0.05, 0.1) is 33.0 Å². The van der Waals surface area contributed by atoms with E-state index < -0.39 is 68.5 Å². The number of pyridine rings is 1. The lowest BCUT2D eigenvalue weighted by molar-refractivity contribution is -0.141. The van der Waals surface area contributed by atoms with Crippen LogP contribution in [0.3, 0.4) is 0 Å². The van der Waals surface area contributed by atoms with Crippen LogP contribution in [0.25, 0.3) is 32.0 Å². The van der Waals surface area contributed by atoms with Gasteiger partial charge in [-0.2, -0.15) is 0 Å². The zero-order valence-electron chi connectivity index (χ0n) is 32.0. The molecule has 59 heavy (non-hydrogen) atoms. The highest BCUT2D eigenvalue weighted by Gasteiger charge is 2.62. The van der Waals surface area contributed by atoms with Gasteiger partial charge in [-0.15, -0.1) is 11.3 Å². The van der Waals surface area contributed by atoms with Crippen molar-refractivity contribution in [2.24, 2.45) is 5.92 Å². The predicted molar refractivity (Wildman–Crippen MR) is 219 cm³/mol. The highest BCUT2D eigenvalue weighted by molar-refractivity contribution is 7.91. The lowest BCUT2D eigenvalue weighted by Gasteiger charge is -2.30. The Morgan fingerprint density at radius 1 is 0.898 bits per heavy atom. The fourth-order valence-corrected chi connectivity index (χ4v) is 10.2. The van der Waals surface area contributed by atoms with Crippen LogP contribution in [0.2, 0.25) is 0 Å². The Balaban J connectivity index is 1.06. The summed E-state index contributed by atoms with van der Waals surface area (Å²) in [6, 6.07) is 16.1. The van der Waals surface area contributed by atoms with Gasteiger partial charge in [-0.05, 0) is 74.9 Å². The fraction of sp³-hybridized carbons (Fsp3) is 0.381. The summed E-state index contributed by atoms with van der Waals surface area (Å²) in [5.41, 5.74) is 1.22. The number of aromatic nitrogens is 4. The van der Waals surface area contributed by atoms with Crippen molar-refractivity contribution in [2.45, 2.75) is 86.8 Å². The first-order valence-electron chi connectivity index (χ1n) is 19.9. The number of rotatable bonds is 8. The van der Waals surface area contributed by atoms with Gasteiger partial charge in [0.15, 0.2) is 5.69 Å². The molecule has 5 aromatic rings. The number of hydrogen-bond acceptors (Lipinski definition) is 12. The number of ether oxygens (including phenoxy) is 1. The highest BCUT2D eigenvalue weighted by atomic mass is 32.2. The first kappa shape index (κ1) is 38.7. The van der Waals surface area contributed by atoms with Crippen molar-refractivity contribution in [1.82, 2.24) is 40.2 Å². The van der Waals surface area contributed by atoms with Gasteiger partial charge in [0.2, 0.25) is 27.7 Å². The summed E-state index contributed by atoms with van der Waals surface area (Å²) < 4.78 is 35.7. The topological polar surface area (TPSA) is 203 Å². The summed E-state index contributed by atoms with van der Waals surface area (Å²) in [5, 5.41) is 5.77. The van der Waals surface area contributed by atoms with Gasteiger partial charge in [0, 0.05) is 30.3 Å². The Kier molecular flexibility index (Phi) is 10.3. The number of allylic oxidation sites excluding steroid dienone is 1. The van der Waals surface area contributed by atoms with E-state index in [4.69, 9.17) is 19.7 Å². The SMILES string of the molecule is O=C(N[C@H]1CCCCC/C=C\[C@@H]2C[C@@]2(C(=O)NS(=O)(=O)C2CC2)NC(=O)[C@@H]2C[C@@H](Oc3nc4ccccc4nc3-c3nc4ccccc4s3)CN2C1=O)c1ccncc1. The third-order valence-electron chi connectivity index (χ3n) is 11.4. The minimum atomic E-state index is -3.91. The number of nitrogens with one attached hydrogen (secondary N) is 3. The summed E-state index contributed by atoms with van der Waals surface area (Å²) in [7, 11) is -3.91. The second-order valence-electron chi connectivity index (χ2n) is 15.6. The van der Waals surface area contributed by atoms with Crippen molar-refractivity contribution >= 4 is 66.2 Å². The molecule has 0 spiro atoms. The molecule has 5 atom stereocenters. The third-order valence-corrected chi connectivity index (χ3v) is 14.3. The monoisotopic (exact) mass is 834 g/mol. The van der Waals surface area contributed by atoms with Gasteiger partial charge in [-0.1, -0.05) is 49.3 Å². The quantitative estimate of drug-likeness (QED) is 0.187. The molecule has 5 heterocycles. The summed E-state index contributed by atoms with van der Waals surface area (Å²) >= 11 is 1.44. The van der Waals surface area contributed by atoms with Gasteiger partial charge >= 0.3 is 0 Å². The molecule has 17 heteroatoms. The molecule has 0 unspecified atom stereocenters. The van der Waals surface area contributed by atoms with Crippen LogP contribution in [0.15, 0.2) is 85.2 Å². The number of fused-ring (bicyclic) bond motifs is 4. The van der Waals surface area contributed by atoms with Crippen molar-refractivity contribution in [3.8, 4) is 16.6 Å². The number of thiazole rings is 1. The molecule has 15 nitrogen and oxygen atoms in total. The fourth-order valence-electron chi connectivity index (χ4n) is 7.93. The van der Waals surface area contributed by atoms with Crippen LogP contribution >= 0.6 is 11.3 Å². The highest BCUT2D eigenvalue weighted by Crippen LogP contribution is 2.46. The van der Waals surface area contributed by atoms with Crippen LogP contribution in [-0.4, -0.2) is 92.4 Å². The Hall–Kier alpha value is -5.81. The van der Waals surface area contributed by atoms with Crippen molar-refractivity contribution in [3.05, 3.63) is 90.8 Å². The van der Waals surface area contributed by atoms with Gasteiger partial charge in [0.25, 0.3) is 11.8 Å². The van der Waals surface area contributed by atoms with Crippen molar-refractivity contribution in [2.75, 3.05) is 6.54 Å². The van der Waals surface area contributed by atoms with Crippen molar-refractivity contribution in [3.63, 3.8) is 0 Å². The van der Waals surface area contributed by atoms with Crippen molar-refractivity contribution < 1.29 is 32.3 Å². The van der Waals surface area contributed by atoms with Crippen LogP contribution in [0.4, 0.5) is 0 Å². The summed E-state index contributed by atoms with van der Waals surface area (Å²) in [5.74, 6) is -2.64. The molecule has 2 saturated carbocycles.